The number of hydrogen-bond acceptors (Lipinski definition) is 1. The second-order valence-corrected chi connectivity index (χ2v) is 3.92. The Morgan fingerprint density at radius 2 is 1.92 bits per heavy atom. The molecule has 66 valence electrons. The Kier molecular flexibility index (Phi) is 2.12. The maximum Gasteiger partial charge on any atom is 0.0408 e. The number of rotatable bonds is 2. The van der Waals surface area contributed by atoms with E-state index in [4.69, 9.17) is 1.37 Å². The van der Waals surface area contributed by atoms with E-state index in [-0.39, 0.29) is 0 Å². The van der Waals surface area contributed by atoms with Crippen LogP contribution in [-0.2, 0) is 0 Å². The fraction of sp³-hybridized carbons (Fsp3) is 0.167. The lowest BCUT2D eigenvalue weighted by molar-refractivity contribution is 0.948. The van der Waals surface area contributed by atoms with Gasteiger partial charge in [-0.25, -0.2) is 0 Å². The van der Waals surface area contributed by atoms with Crippen LogP contribution in [-0.4, -0.2) is 0 Å². The van der Waals surface area contributed by atoms with Crippen molar-refractivity contribution in [2.75, 3.05) is 0 Å². The van der Waals surface area contributed by atoms with Gasteiger partial charge in [0.15, 0.2) is 0 Å². The second-order valence-electron chi connectivity index (χ2n) is 2.97. The normalized spacial score (nSPS) is 16.2. The summed E-state index contributed by atoms with van der Waals surface area (Å²) in [5, 5.41) is 2.02. The van der Waals surface area contributed by atoms with Crippen molar-refractivity contribution in [2.24, 2.45) is 0 Å². The summed E-state index contributed by atoms with van der Waals surface area (Å²) in [6, 6.07) is 14.0. The van der Waals surface area contributed by atoms with Gasteiger partial charge >= 0.3 is 0 Å². The van der Waals surface area contributed by atoms with Crippen LogP contribution < -0.4 is 0 Å². The first kappa shape index (κ1) is 7.34. The monoisotopic (exact) mass is 189 g/mol. The fourth-order valence-corrected chi connectivity index (χ4v) is 2.08. The second kappa shape index (κ2) is 3.75. The molecule has 1 heterocycles. The summed E-state index contributed by atoms with van der Waals surface area (Å²) >= 11 is 1.64. The molecule has 1 aromatic heterocycles. The average Bonchev–Trinajstić information content (AvgIpc) is 2.72. The zero-order valence-corrected chi connectivity index (χ0v) is 8.34. The van der Waals surface area contributed by atoms with Crippen molar-refractivity contribution in [3.63, 3.8) is 0 Å². The molecular weight excluding hydrogens is 176 g/mol. The van der Waals surface area contributed by atoms with Gasteiger partial charge in [0.1, 0.15) is 0 Å². The van der Waals surface area contributed by atoms with Gasteiger partial charge in [-0.05, 0) is 17.0 Å². The van der Waals surface area contributed by atoms with Crippen LogP contribution in [0.1, 0.15) is 24.6 Å². The summed E-state index contributed by atoms with van der Waals surface area (Å²) in [6.45, 7) is 1.94. The van der Waals surface area contributed by atoms with E-state index in [0.29, 0.717) is 0 Å². The van der Waals surface area contributed by atoms with Gasteiger partial charge in [-0.1, -0.05) is 43.3 Å². The van der Waals surface area contributed by atoms with Gasteiger partial charge in [0.2, 0.25) is 0 Å². The Bertz CT molecular complexity index is 390. The van der Waals surface area contributed by atoms with Gasteiger partial charge in [-0.15, -0.1) is 11.3 Å². The van der Waals surface area contributed by atoms with E-state index in [0.717, 1.165) is 10.4 Å². The SMILES string of the molecule is [2H]C(C)(c1ccccc1)c1cccs1. The van der Waals surface area contributed by atoms with E-state index >= 15 is 0 Å². The van der Waals surface area contributed by atoms with Gasteiger partial charge in [0.05, 0.1) is 0 Å². The number of benzene rings is 1. The fourth-order valence-electron chi connectivity index (χ4n) is 1.32. The number of hydrogen-bond donors (Lipinski definition) is 0. The highest BCUT2D eigenvalue weighted by molar-refractivity contribution is 7.10. The third-order valence-corrected chi connectivity index (χ3v) is 3.09. The zero-order valence-electron chi connectivity index (χ0n) is 8.53. The van der Waals surface area contributed by atoms with Crippen LogP contribution in [0.5, 0.6) is 0 Å². The van der Waals surface area contributed by atoms with Gasteiger partial charge in [-0.2, -0.15) is 0 Å². The van der Waals surface area contributed by atoms with Crippen molar-refractivity contribution >= 4 is 11.3 Å². The molecule has 0 aliphatic carbocycles. The van der Waals surface area contributed by atoms with Crippen molar-refractivity contribution in [3.05, 3.63) is 58.3 Å². The Morgan fingerprint density at radius 1 is 1.15 bits per heavy atom. The summed E-state index contributed by atoms with van der Waals surface area (Å²) < 4.78 is 8.34. The van der Waals surface area contributed by atoms with Gasteiger partial charge in [0.25, 0.3) is 0 Å². The van der Waals surface area contributed by atoms with Crippen LogP contribution in [0.25, 0.3) is 0 Å². The highest BCUT2D eigenvalue weighted by Crippen LogP contribution is 2.26. The first-order valence-corrected chi connectivity index (χ1v) is 5.19. The maximum atomic E-state index is 8.34. The van der Waals surface area contributed by atoms with Crippen molar-refractivity contribution in [1.82, 2.24) is 0 Å². The summed E-state index contributed by atoms with van der Waals surface area (Å²) in [6.07, 6.45) is 0. The molecule has 13 heavy (non-hydrogen) atoms. The molecule has 0 radical (unpaired) electrons. The van der Waals surface area contributed by atoms with Gasteiger partial charge in [-0.3, -0.25) is 0 Å². The molecule has 0 fully saturated rings. The van der Waals surface area contributed by atoms with Crippen LogP contribution in [0.3, 0.4) is 0 Å². The summed E-state index contributed by atoms with van der Waals surface area (Å²) in [7, 11) is 0. The standard InChI is InChI=1S/C12H12S/c1-10(12-8-5-9-13-12)11-6-3-2-4-7-11/h2-10H,1H3/i10D. The van der Waals surface area contributed by atoms with Crippen LogP contribution in [0.4, 0.5) is 0 Å². The topological polar surface area (TPSA) is 0 Å². The molecule has 0 aliphatic rings. The van der Waals surface area contributed by atoms with Crippen molar-refractivity contribution < 1.29 is 1.37 Å². The predicted octanol–water partition coefficient (Wildman–Crippen LogP) is 3.90. The Labute approximate surface area is 84.3 Å². The molecule has 0 spiro atoms. The van der Waals surface area contributed by atoms with Crippen LogP contribution >= 0.6 is 11.3 Å². The van der Waals surface area contributed by atoms with E-state index in [9.17, 15) is 0 Å². The minimum absolute atomic E-state index is 0.616. The first-order chi connectivity index (χ1) is 6.71. The van der Waals surface area contributed by atoms with Crippen LogP contribution in [0, 0.1) is 0 Å². The van der Waals surface area contributed by atoms with Crippen molar-refractivity contribution in [1.29, 1.82) is 0 Å². The number of thiophene rings is 1. The Morgan fingerprint density at radius 3 is 2.54 bits per heavy atom. The largest absolute Gasteiger partial charge is 0.148 e. The molecule has 0 saturated heterocycles. The molecule has 0 bridgehead atoms. The molecule has 1 heteroatoms. The smallest absolute Gasteiger partial charge is 0.0408 e. The summed E-state index contributed by atoms with van der Waals surface area (Å²) in [5.41, 5.74) is 1.04. The molecular formula is C12H12S. The Balaban J connectivity index is 2.43. The predicted molar refractivity (Wildman–Crippen MR) is 58.3 cm³/mol. The van der Waals surface area contributed by atoms with E-state index in [2.05, 4.69) is 0 Å². The van der Waals surface area contributed by atoms with Gasteiger partial charge < -0.3 is 0 Å². The summed E-state index contributed by atoms with van der Waals surface area (Å²) in [4.78, 5) is 1.09. The lowest BCUT2D eigenvalue weighted by Gasteiger charge is -2.08. The summed E-state index contributed by atoms with van der Waals surface area (Å²) in [5.74, 6) is -0.616. The third-order valence-electron chi connectivity index (χ3n) is 2.10. The first-order valence-electron chi connectivity index (χ1n) is 4.81. The highest BCUT2D eigenvalue weighted by Gasteiger charge is 2.07. The van der Waals surface area contributed by atoms with E-state index < -0.39 is 5.89 Å². The van der Waals surface area contributed by atoms with Crippen LogP contribution in [0.2, 0.25) is 0 Å². The quantitative estimate of drug-likeness (QED) is 0.672. The lowest BCUT2D eigenvalue weighted by Crippen LogP contribution is -1.91. The third kappa shape index (κ3) is 1.81. The molecule has 1 unspecified atom stereocenters. The van der Waals surface area contributed by atoms with Crippen LogP contribution in [0.15, 0.2) is 47.8 Å². The molecule has 0 nitrogen and oxygen atoms in total. The van der Waals surface area contributed by atoms with Crippen molar-refractivity contribution in [2.45, 2.75) is 12.8 Å². The molecule has 0 saturated carbocycles. The molecule has 1 atom stereocenters. The maximum absolute atomic E-state index is 8.34. The van der Waals surface area contributed by atoms with E-state index in [1.807, 2.05) is 54.8 Å². The minimum atomic E-state index is -0.616. The molecule has 0 N–H and O–H groups in total. The zero-order chi connectivity index (χ0) is 10.0. The molecule has 0 aliphatic heterocycles. The molecule has 2 aromatic rings. The Hall–Kier alpha value is -1.08. The molecule has 0 amide bonds. The molecule has 1 aromatic carbocycles. The van der Waals surface area contributed by atoms with Gasteiger partial charge in [0, 0.05) is 12.1 Å². The highest BCUT2D eigenvalue weighted by atomic mass is 32.1. The minimum Gasteiger partial charge on any atom is -0.148 e. The average molecular weight is 189 g/mol. The van der Waals surface area contributed by atoms with Crippen molar-refractivity contribution in [3.8, 4) is 0 Å². The van der Waals surface area contributed by atoms with E-state index in [1.54, 1.807) is 11.3 Å². The lowest BCUT2D eigenvalue weighted by atomic mass is 10.00. The van der Waals surface area contributed by atoms with E-state index in [1.165, 1.54) is 0 Å². The molecule has 2 rings (SSSR count).